The summed E-state index contributed by atoms with van der Waals surface area (Å²) in [6, 6.07) is 3.75. The average Bonchev–Trinajstić information content (AvgIpc) is 2.63. The van der Waals surface area contributed by atoms with Crippen molar-refractivity contribution >= 4 is 6.21 Å². The van der Waals surface area contributed by atoms with Crippen molar-refractivity contribution in [2.45, 2.75) is 33.0 Å². The fraction of sp³-hybridized carbons (Fsp3) is 0.353. The number of allylic oxidation sites excluding steroid dienone is 1. The lowest BCUT2D eigenvalue weighted by Crippen LogP contribution is -2.46. The summed E-state index contributed by atoms with van der Waals surface area (Å²) >= 11 is 0. The van der Waals surface area contributed by atoms with E-state index >= 15 is 0 Å². The molecule has 1 unspecified atom stereocenters. The fourth-order valence-electron chi connectivity index (χ4n) is 2.37. The van der Waals surface area contributed by atoms with Crippen LogP contribution < -0.4 is 31.9 Å². The maximum Gasteiger partial charge on any atom is 0.197 e. The van der Waals surface area contributed by atoms with Crippen LogP contribution in [-0.4, -0.2) is 19.6 Å². The molecule has 0 radical (unpaired) electrons. The van der Waals surface area contributed by atoms with E-state index in [-0.39, 0.29) is 5.92 Å². The smallest absolute Gasteiger partial charge is 0.197 e. The van der Waals surface area contributed by atoms with E-state index in [1.807, 2.05) is 12.1 Å². The Morgan fingerprint density at radius 1 is 1.35 bits per heavy atom. The number of nitrogens with one attached hydrogen (secondary N) is 2. The highest BCUT2D eigenvalue weighted by atomic mass is 16.5. The Morgan fingerprint density at radius 2 is 2.12 bits per heavy atom. The lowest BCUT2D eigenvalue weighted by Gasteiger charge is -2.22. The molecule has 1 aliphatic rings. The Bertz CT molecular complexity index is 803. The predicted molar refractivity (Wildman–Crippen MR) is 99.1 cm³/mol. The molecule has 1 aromatic rings. The predicted octanol–water partition coefficient (Wildman–Crippen LogP) is 1.48. The maximum atomic E-state index is 6.06. The zero-order chi connectivity index (χ0) is 19.1. The third kappa shape index (κ3) is 4.30. The van der Waals surface area contributed by atoms with Crippen molar-refractivity contribution in [3.63, 3.8) is 0 Å². The second kappa shape index (κ2) is 8.84. The summed E-state index contributed by atoms with van der Waals surface area (Å²) in [5.74, 6) is 18.6. The minimum absolute atomic E-state index is 0.190. The lowest BCUT2D eigenvalue weighted by molar-refractivity contribution is 0.396. The topological polar surface area (TPSA) is 132 Å². The van der Waals surface area contributed by atoms with Gasteiger partial charge in [0.25, 0.3) is 0 Å². The molecular formula is C17H23N7O2. The minimum atomic E-state index is -0.551. The molecule has 0 saturated carbocycles. The van der Waals surface area contributed by atoms with Crippen molar-refractivity contribution in [2.75, 3.05) is 7.11 Å². The van der Waals surface area contributed by atoms with E-state index < -0.39 is 6.29 Å². The normalized spacial score (nSPS) is 16.5. The van der Waals surface area contributed by atoms with Crippen LogP contribution in [0.3, 0.4) is 0 Å². The zero-order valence-electron chi connectivity index (χ0n) is 15.2. The van der Waals surface area contributed by atoms with Gasteiger partial charge in [-0.05, 0) is 18.9 Å². The molecule has 9 nitrogen and oxygen atoms in total. The van der Waals surface area contributed by atoms with Crippen molar-refractivity contribution in [3.8, 4) is 23.3 Å². The van der Waals surface area contributed by atoms with Crippen molar-refractivity contribution < 1.29 is 9.47 Å². The number of benzene rings is 1. The largest absolute Gasteiger partial charge is 0.495 e. The molecule has 0 aromatic heterocycles. The number of hydrazine groups is 1. The number of hydrogen-bond donors (Lipinski definition) is 4. The molecule has 26 heavy (non-hydrogen) atoms. The number of methoxy groups -OCH3 is 1. The Balaban J connectivity index is 2.51. The summed E-state index contributed by atoms with van der Waals surface area (Å²) in [7, 11) is 1.61. The number of hydrogen-bond acceptors (Lipinski definition) is 8. The molecule has 0 aliphatic carbocycles. The lowest BCUT2D eigenvalue weighted by atomic mass is 9.99. The SMILES string of the molecule is CC#Cc1cc(OC2=C(N=NN)NC(NN)N=C2)c(C(C)C)cc1OC. The highest BCUT2D eigenvalue weighted by Crippen LogP contribution is 2.34. The van der Waals surface area contributed by atoms with Gasteiger partial charge in [0.2, 0.25) is 0 Å². The molecule has 1 heterocycles. The minimum Gasteiger partial charge on any atom is -0.495 e. The van der Waals surface area contributed by atoms with Crippen molar-refractivity contribution in [1.29, 1.82) is 0 Å². The fourth-order valence-corrected chi connectivity index (χ4v) is 2.37. The van der Waals surface area contributed by atoms with Crippen LogP contribution in [0.1, 0.15) is 37.8 Å². The molecule has 1 atom stereocenters. The van der Waals surface area contributed by atoms with E-state index in [0.29, 0.717) is 23.1 Å². The summed E-state index contributed by atoms with van der Waals surface area (Å²) in [5, 5.41) is 10.1. The monoisotopic (exact) mass is 357 g/mol. The van der Waals surface area contributed by atoms with Crippen molar-refractivity contribution in [3.05, 3.63) is 34.8 Å². The summed E-state index contributed by atoms with van der Waals surface area (Å²) in [6.45, 7) is 5.88. The molecule has 0 spiro atoms. The first-order chi connectivity index (χ1) is 12.5. The number of ether oxygens (including phenoxy) is 2. The van der Waals surface area contributed by atoms with Gasteiger partial charge < -0.3 is 20.6 Å². The van der Waals surface area contributed by atoms with Gasteiger partial charge in [-0.3, -0.25) is 5.84 Å². The maximum absolute atomic E-state index is 6.06. The van der Waals surface area contributed by atoms with Crippen LogP contribution in [0.2, 0.25) is 0 Å². The Labute approximate surface area is 152 Å². The van der Waals surface area contributed by atoms with Crippen LogP contribution in [0, 0.1) is 11.8 Å². The quantitative estimate of drug-likeness (QED) is 0.264. The number of aliphatic imine (C=N–C) groups is 1. The van der Waals surface area contributed by atoms with E-state index in [9.17, 15) is 0 Å². The molecule has 2 rings (SSSR count). The molecule has 0 bridgehead atoms. The van der Waals surface area contributed by atoms with Crippen LogP contribution in [0.5, 0.6) is 11.5 Å². The average molecular weight is 357 g/mol. The molecule has 6 N–H and O–H groups in total. The van der Waals surface area contributed by atoms with Crippen molar-refractivity contribution in [1.82, 2.24) is 10.7 Å². The first-order valence-electron chi connectivity index (χ1n) is 7.97. The van der Waals surface area contributed by atoms with Crippen LogP contribution in [0.25, 0.3) is 0 Å². The summed E-state index contributed by atoms with van der Waals surface area (Å²) in [5.41, 5.74) is 4.14. The van der Waals surface area contributed by atoms with Crippen LogP contribution in [-0.2, 0) is 0 Å². The molecular weight excluding hydrogens is 334 g/mol. The molecule has 138 valence electrons. The van der Waals surface area contributed by atoms with E-state index in [0.717, 1.165) is 11.1 Å². The van der Waals surface area contributed by atoms with Crippen LogP contribution in [0.15, 0.2) is 39.0 Å². The van der Waals surface area contributed by atoms with Gasteiger partial charge >= 0.3 is 0 Å². The summed E-state index contributed by atoms with van der Waals surface area (Å²) in [4.78, 5) is 4.17. The summed E-state index contributed by atoms with van der Waals surface area (Å²) < 4.78 is 11.5. The first-order valence-corrected chi connectivity index (χ1v) is 7.97. The molecule has 0 amide bonds. The third-order valence-corrected chi connectivity index (χ3v) is 3.60. The second-order valence-electron chi connectivity index (χ2n) is 5.64. The third-order valence-electron chi connectivity index (χ3n) is 3.60. The van der Waals surface area contributed by atoms with Gasteiger partial charge in [-0.1, -0.05) is 25.0 Å². The Kier molecular flexibility index (Phi) is 6.54. The molecule has 0 saturated heterocycles. The number of nitrogens with zero attached hydrogens (tertiary/aromatic N) is 3. The van der Waals surface area contributed by atoms with Gasteiger partial charge in [0.1, 0.15) is 11.5 Å². The van der Waals surface area contributed by atoms with Crippen LogP contribution in [0.4, 0.5) is 0 Å². The van der Waals surface area contributed by atoms with E-state index in [1.54, 1.807) is 14.0 Å². The highest BCUT2D eigenvalue weighted by Gasteiger charge is 2.20. The van der Waals surface area contributed by atoms with Gasteiger partial charge in [0.05, 0.1) is 18.9 Å². The standard InChI is InChI=1S/C17H23N7O2/c1-5-6-11-7-14(12(10(2)3)8-13(11)25-4)26-15-9-20-17(22-18)21-16(15)23-24-19/h7-10,17,21-22H,18H2,1-4H3,(H2,19,23). The zero-order valence-corrected chi connectivity index (χ0v) is 15.2. The van der Waals surface area contributed by atoms with Gasteiger partial charge in [0, 0.05) is 11.6 Å². The van der Waals surface area contributed by atoms with Gasteiger partial charge in [-0.15, -0.1) is 11.0 Å². The first kappa shape index (κ1) is 19.2. The highest BCUT2D eigenvalue weighted by molar-refractivity contribution is 5.79. The molecule has 1 aliphatic heterocycles. The van der Waals surface area contributed by atoms with Gasteiger partial charge in [-0.2, -0.15) is 0 Å². The van der Waals surface area contributed by atoms with E-state index in [2.05, 4.69) is 51.8 Å². The Morgan fingerprint density at radius 3 is 2.69 bits per heavy atom. The van der Waals surface area contributed by atoms with Gasteiger partial charge in [-0.25, -0.2) is 10.4 Å². The number of nitrogens with two attached hydrogens (primary N) is 2. The molecule has 1 aromatic carbocycles. The van der Waals surface area contributed by atoms with E-state index in [1.165, 1.54) is 6.21 Å². The molecule has 9 heteroatoms. The van der Waals surface area contributed by atoms with Gasteiger partial charge in [0.15, 0.2) is 17.9 Å². The number of rotatable bonds is 6. The van der Waals surface area contributed by atoms with Crippen molar-refractivity contribution in [2.24, 2.45) is 27.0 Å². The van der Waals surface area contributed by atoms with E-state index in [4.69, 9.17) is 21.2 Å². The van der Waals surface area contributed by atoms with Crippen LogP contribution >= 0.6 is 0 Å². The summed E-state index contributed by atoms with van der Waals surface area (Å²) in [6.07, 6.45) is 0.953. The Hall–Kier alpha value is -3.09. The second-order valence-corrected chi connectivity index (χ2v) is 5.64. The molecule has 0 fully saturated rings.